The zero-order chi connectivity index (χ0) is 13.5. The van der Waals surface area contributed by atoms with Crippen LogP contribution in [0, 0.1) is 0 Å². The predicted molar refractivity (Wildman–Crippen MR) is 34.5 cm³/mol. The molecule has 22 heteroatoms. The monoisotopic (exact) mass is 539 g/mol. The summed E-state index contributed by atoms with van der Waals surface area (Å²) in [5.74, 6) is 0. The van der Waals surface area contributed by atoms with Crippen molar-refractivity contribution in [3.8, 4) is 0 Å². The first-order valence-corrected chi connectivity index (χ1v) is 6.73. The van der Waals surface area contributed by atoms with Crippen LogP contribution in [0.3, 0.4) is 0 Å². The van der Waals surface area contributed by atoms with Crippen LogP contribution in [0.25, 0.3) is 0 Å². The van der Waals surface area contributed by atoms with Gasteiger partial charge in [0.15, 0.2) is 0 Å². The Bertz CT molecular complexity index is 221. The number of rotatable bonds is 0. The summed E-state index contributed by atoms with van der Waals surface area (Å²) in [5, 5.41) is 0. The van der Waals surface area contributed by atoms with Gasteiger partial charge in [-0.3, -0.25) is 0 Å². The molecule has 0 rings (SSSR count). The molecule has 0 aliphatic heterocycles. The van der Waals surface area contributed by atoms with E-state index in [9.17, 15) is 0 Å². The van der Waals surface area contributed by atoms with Gasteiger partial charge in [-0.05, 0) is 0 Å². The van der Waals surface area contributed by atoms with Crippen molar-refractivity contribution in [3.63, 3.8) is 0 Å². The molecule has 0 aromatic heterocycles. The van der Waals surface area contributed by atoms with Crippen LogP contribution in [-0.4, -0.2) is 14.7 Å². The first kappa shape index (κ1) is 63.6. The van der Waals surface area contributed by atoms with Crippen LogP contribution < -0.4 is 344 Å². The summed E-state index contributed by atoms with van der Waals surface area (Å²) in [7, 11) is -15.4. The van der Waals surface area contributed by atoms with Gasteiger partial charge in [0.05, 0.1) is 0 Å². The van der Waals surface area contributed by atoms with Crippen molar-refractivity contribution in [2.45, 2.75) is 0 Å². The molecule has 0 fully saturated rings. The Labute approximate surface area is 382 Å². The molecule has 0 saturated heterocycles. The third kappa shape index (κ3) is 250. The molecule has 6 N–H and O–H groups in total. The molecule has 0 bridgehead atoms. The third-order valence-corrected chi connectivity index (χ3v) is 0. The molecule has 0 atom stereocenters. The first-order chi connectivity index (χ1) is 6.00. The summed E-state index contributed by atoms with van der Waals surface area (Å²) < 4.78 is 26.0. The van der Waals surface area contributed by atoms with Gasteiger partial charge in [-0.1, -0.05) is 0 Å². The Morgan fingerprint density at radius 2 is 0.500 bits per heavy atom. The first-order valence-electron chi connectivity index (χ1n) is 2.24. The van der Waals surface area contributed by atoms with Gasteiger partial charge in [-0.2, -0.15) is 15.6 Å². The smallest absolute Gasteiger partial charge is 0.822 e. The van der Waals surface area contributed by atoms with Gasteiger partial charge in [0.2, 0.25) is 0 Å². The quantitative estimate of drug-likeness (QED) is 0.164. The number of phosphoric acid groups is 3. The number of hydrogen-bond acceptors (Lipinski definition) is 10. The van der Waals surface area contributed by atoms with E-state index in [4.69, 9.17) is 57.7 Å². The minimum absolute atomic E-state index is 0. The Morgan fingerprint density at radius 1 is 0.500 bits per heavy atom. The molecular weight excluding hydrogens is 534 g/mol. The summed E-state index contributed by atoms with van der Waals surface area (Å²) in [6.45, 7) is 0. The molecule has 0 amide bonds. The van der Waals surface area contributed by atoms with E-state index in [1.54, 1.807) is 0 Å². The van der Waals surface area contributed by atoms with Gasteiger partial charge < -0.3 is 59.3 Å². The maximum atomic E-state index is 8.88. The molecule has 0 aromatic rings. The topological polar surface area (TPSA) is 285 Å². The Morgan fingerprint density at radius 3 is 0.500 bits per heavy atom. The fourth-order valence-corrected chi connectivity index (χ4v) is 0. The van der Waals surface area contributed by atoms with E-state index in [0.29, 0.717) is 0 Å². The Balaban J connectivity index is -0.0000000106. The second-order valence-corrected chi connectivity index (χ2v) is 4.22. The fourth-order valence-electron chi connectivity index (χ4n) is 0. The zero-order valence-electron chi connectivity index (χ0n) is 13.1. The van der Waals surface area contributed by atoms with Crippen molar-refractivity contribution in [3.05, 3.63) is 0 Å². The van der Waals surface area contributed by atoms with E-state index >= 15 is 0 Å². The molecule has 0 unspecified atom stereocenters. The largest absolute Gasteiger partial charge is 1.00 e. The van der Waals surface area contributed by atoms with E-state index in [1.807, 2.05) is 0 Å². The predicted octanol–water partition coefficient (Wildman–Crippen LogP) is -24.4. The second-order valence-electron chi connectivity index (χ2n) is 1.41. The summed E-state index contributed by atoms with van der Waals surface area (Å²) in [6, 6.07) is 0. The van der Waals surface area contributed by atoms with E-state index in [-0.39, 0.29) is 314 Å². The molecule has 0 aromatic carbocycles. The molecule has 0 heterocycles. The summed E-state index contributed by atoms with van der Waals surface area (Å²) in [5.41, 5.74) is 0. The van der Waals surface area contributed by atoms with Gasteiger partial charge in [-0.15, -0.1) is 0 Å². The van der Waals surface area contributed by atoms with Crippen LogP contribution in [0.15, 0.2) is 0 Å². The van der Waals surface area contributed by atoms with Crippen LogP contribution in [0.5, 0.6) is 0 Å². The minimum Gasteiger partial charge on any atom is -0.822 e. The third-order valence-electron chi connectivity index (χ3n) is 0. The molecule has 13 nitrogen and oxygen atoms in total. The van der Waals surface area contributed by atoms with Crippen molar-refractivity contribution >= 4 is 23.5 Å². The van der Waals surface area contributed by atoms with E-state index in [1.165, 1.54) is 0 Å². The summed E-state index contributed by atoms with van der Waals surface area (Å²) >= 11 is 0. The standard InChI is InChI=1S/6K.H3N.3H3O4P/c;;;;;;;3*1-5(2,3)4/h;;;;;;1H3;3*(H3,1,2,3,4)/q6*+1;;;;/p-6. The average Bonchev–Trinajstić information content (AvgIpc) is 1.41. The molecular formula is H6K6NO12P3. The van der Waals surface area contributed by atoms with Crippen LogP contribution >= 0.6 is 23.5 Å². The summed E-state index contributed by atoms with van der Waals surface area (Å²) in [6.07, 6.45) is 0. The van der Waals surface area contributed by atoms with Crippen LogP contribution in [-0.2, 0) is 13.7 Å². The van der Waals surface area contributed by atoms with E-state index < -0.39 is 23.5 Å². The normalized spacial score (nSPS) is 8.05. The van der Waals surface area contributed by atoms with Gasteiger partial charge in [0.25, 0.3) is 0 Å². The van der Waals surface area contributed by atoms with Gasteiger partial charge >= 0.3 is 316 Å². The van der Waals surface area contributed by atoms with E-state index in [0.717, 1.165) is 0 Å². The van der Waals surface area contributed by atoms with Crippen LogP contribution in [0.2, 0.25) is 0 Å². The second kappa shape index (κ2) is 35.7. The molecule has 0 spiro atoms. The Kier molecular flexibility index (Phi) is 103. The van der Waals surface area contributed by atoms with E-state index in [2.05, 4.69) is 0 Å². The zero-order valence-corrected chi connectivity index (χ0v) is 34.5. The maximum Gasteiger partial charge on any atom is 1.00 e. The van der Waals surface area contributed by atoms with Crippen LogP contribution in [0.1, 0.15) is 0 Å². The van der Waals surface area contributed by atoms with Gasteiger partial charge in [0, 0.05) is 0 Å². The summed E-state index contributed by atoms with van der Waals surface area (Å²) in [4.78, 5) is 72.9. The molecule has 0 radical (unpaired) electrons. The number of hydrogen-bond donors (Lipinski definition) is 4. The maximum absolute atomic E-state index is 8.88. The van der Waals surface area contributed by atoms with Gasteiger partial charge in [0.1, 0.15) is 0 Å². The molecule has 22 heavy (non-hydrogen) atoms. The van der Waals surface area contributed by atoms with Crippen molar-refractivity contribution in [1.29, 1.82) is 0 Å². The van der Waals surface area contributed by atoms with Crippen molar-refractivity contribution in [2.75, 3.05) is 0 Å². The van der Waals surface area contributed by atoms with Crippen LogP contribution in [0.4, 0.5) is 0 Å². The molecule has 0 aliphatic rings. The van der Waals surface area contributed by atoms with Gasteiger partial charge in [-0.25, -0.2) is 4.57 Å². The molecule has 0 aliphatic carbocycles. The van der Waals surface area contributed by atoms with Crippen molar-refractivity contribution in [2.24, 2.45) is 0 Å². The van der Waals surface area contributed by atoms with Crippen molar-refractivity contribution in [1.82, 2.24) is 6.15 Å². The minimum atomic E-state index is -5.39. The average molecular weight is 540 g/mol. The SMILES string of the molecule is N.O=P(O)(O)O.O=P([O-])([O-])[O-].O=P([O-])([O-])[O-].[K+].[K+].[K+].[K+].[K+].[K+]. The fraction of sp³-hybridized carbons (Fsp3) is 0. The molecule has 0 saturated carbocycles. The molecule has 104 valence electrons. The van der Waals surface area contributed by atoms with Crippen molar-refractivity contribution < 1.29 is 366 Å². The Hall–Kier alpha value is 10.1.